The van der Waals surface area contributed by atoms with Crippen molar-refractivity contribution in [2.24, 2.45) is 11.5 Å². The van der Waals surface area contributed by atoms with Gasteiger partial charge in [0.05, 0.1) is 5.41 Å². The minimum atomic E-state index is -0.533. The molecule has 0 aliphatic heterocycles. The molecular weight excluding hydrogens is 380 g/mol. The molecular formula is C27H20N4. The Hall–Kier alpha value is -4.18. The number of fused-ring (bicyclic) bond motifs is 10. The van der Waals surface area contributed by atoms with E-state index in [4.69, 9.17) is 22.3 Å². The summed E-state index contributed by atoms with van der Waals surface area (Å²) in [4.78, 5) is 0. The van der Waals surface area contributed by atoms with Gasteiger partial charge in [0.2, 0.25) is 0 Å². The smallest absolute Gasteiger partial charge is 0.122 e. The third-order valence-electron chi connectivity index (χ3n) is 6.71. The van der Waals surface area contributed by atoms with E-state index in [1.807, 2.05) is 12.1 Å². The van der Waals surface area contributed by atoms with E-state index < -0.39 is 5.41 Å². The Kier molecular flexibility index (Phi) is 3.37. The van der Waals surface area contributed by atoms with Gasteiger partial charge in [-0.25, -0.2) is 0 Å². The van der Waals surface area contributed by atoms with Crippen LogP contribution in [0.5, 0.6) is 0 Å². The van der Waals surface area contributed by atoms with E-state index in [-0.39, 0.29) is 11.7 Å². The van der Waals surface area contributed by atoms with Gasteiger partial charge < -0.3 is 11.5 Å². The van der Waals surface area contributed by atoms with Crippen LogP contribution in [0.1, 0.15) is 33.4 Å². The lowest BCUT2D eigenvalue weighted by atomic mass is 9.70. The van der Waals surface area contributed by atoms with Gasteiger partial charge >= 0.3 is 0 Å². The fraction of sp³-hybridized carbons (Fsp3) is 0.0370. The maximum atomic E-state index is 8.03. The summed E-state index contributed by atoms with van der Waals surface area (Å²) in [6.45, 7) is 0. The van der Waals surface area contributed by atoms with Crippen LogP contribution in [0.2, 0.25) is 0 Å². The Morgan fingerprint density at radius 1 is 0.516 bits per heavy atom. The van der Waals surface area contributed by atoms with Gasteiger partial charge in [-0.15, -0.1) is 0 Å². The Morgan fingerprint density at radius 3 is 1.32 bits per heavy atom. The maximum absolute atomic E-state index is 8.03. The molecule has 4 aromatic carbocycles. The molecule has 148 valence electrons. The normalized spacial score (nSPS) is 13.9. The molecule has 0 atom stereocenters. The van der Waals surface area contributed by atoms with Crippen molar-refractivity contribution < 1.29 is 0 Å². The van der Waals surface area contributed by atoms with Crippen LogP contribution in [0, 0.1) is 10.8 Å². The van der Waals surface area contributed by atoms with Gasteiger partial charge in [-0.1, -0.05) is 72.8 Å². The zero-order valence-electron chi connectivity index (χ0n) is 16.7. The first kappa shape index (κ1) is 17.7. The van der Waals surface area contributed by atoms with Crippen LogP contribution in [0.15, 0.2) is 84.9 Å². The van der Waals surface area contributed by atoms with E-state index in [2.05, 4.69) is 72.8 Å². The third kappa shape index (κ3) is 2.09. The van der Waals surface area contributed by atoms with Crippen molar-refractivity contribution in [3.05, 3.63) is 118 Å². The Bertz CT molecular complexity index is 1340. The summed E-state index contributed by atoms with van der Waals surface area (Å²) in [5.74, 6) is 0.107. The van der Waals surface area contributed by atoms with Crippen molar-refractivity contribution in [2.75, 3.05) is 0 Å². The predicted molar refractivity (Wildman–Crippen MR) is 125 cm³/mol. The standard InChI is InChI=1S/C27H20N4/c28-25(29)15-9-11-19-20-12-10-16(26(30)31)14-24(20)27(23(19)13-15)21-7-3-1-5-17(21)18-6-2-4-8-22(18)27/h1-14H,(H3,28,29)(H3,30,31). The molecule has 1 spiro atoms. The molecule has 4 heteroatoms. The largest absolute Gasteiger partial charge is 0.384 e. The van der Waals surface area contributed by atoms with Gasteiger partial charge in [-0.3, -0.25) is 10.8 Å². The molecule has 0 amide bonds. The summed E-state index contributed by atoms with van der Waals surface area (Å²) in [7, 11) is 0. The monoisotopic (exact) mass is 400 g/mol. The number of nitrogen functional groups attached to an aromatic ring is 2. The molecule has 4 nitrogen and oxygen atoms in total. The SMILES string of the molecule is N=C(N)c1ccc2c(c1)C1(c3ccccc3-c3ccccc31)c1cc(C(=N)N)ccc1-2. The summed E-state index contributed by atoms with van der Waals surface area (Å²) in [6.07, 6.45) is 0. The number of rotatable bonds is 2. The second-order valence-corrected chi connectivity index (χ2v) is 8.19. The summed E-state index contributed by atoms with van der Waals surface area (Å²) < 4.78 is 0. The second-order valence-electron chi connectivity index (χ2n) is 8.19. The lowest BCUT2D eigenvalue weighted by Crippen LogP contribution is -2.27. The van der Waals surface area contributed by atoms with Crippen LogP contribution in [-0.4, -0.2) is 11.7 Å². The molecule has 0 radical (unpaired) electrons. The first-order chi connectivity index (χ1) is 15.0. The van der Waals surface area contributed by atoms with E-state index in [1.54, 1.807) is 0 Å². The van der Waals surface area contributed by atoms with Crippen molar-refractivity contribution in [3.8, 4) is 22.3 Å². The number of amidine groups is 2. The predicted octanol–water partition coefficient (Wildman–Crippen LogP) is 4.60. The molecule has 0 aromatic heterocycles. The van der Waals surface area contributed by atoms with E-state index in [0.29, 0.717) is 11.1 Å². The fourth-order valence-corrected chi connectivity index (χ4v) is 5.47. The summed E-state index contributed by atoms with van der Waals surface area (Å²) >= 11 is 0. The average Bonchev–Trinajstić information content (AvgIpc) is 3.25. The van der Waals surface area contributed by atoms with Crippen LogP contribution in [0.3, 0.4) is 0 Å². The molecule has 2 aliphatic carbocycles. The van der Waals surface area contributed by atoms with Crippen molar-refractivity contribution >= 4 is 11.7 Å². The molecule has 0 fully saturated rings. The van der Waals surface area contributed by atoms with E-state index in [9.17, 15) is 0 Å². The van der Waals surface area contributed by atoms with E-state index >= 15 is 0 Å². The highest BCUT2D eigenvalue weighted by Gasteiger charge is 2.51. The minimum absolute atomic E-state index is 0.0536. The van der Waals surface area contributed by atoms with Crippen LogP contribution in [-0.2, 0) is 5.41 Å². The molecule has 0 saturated carbocycles. The van der Waals surface area contributed by atoms with Gasteiger partial charge in [0, 0.05) is 11.1 Å². The fourth-order valence-electron chi connectivity index (χ4n) is 5.47. The van der Waals surface area contributed by atoms with Crippen LogP contribution in [0.25, 0.3) is 22.3 Å². The van der Waals surface area contributed by atoms with Crippen molar-refractivity contribution in [3.63, 3.8) is 0 Å². The molecule has 2 aliphatic rings. The molecule has 6 N–H and O–H groups in total. The molecule has 0 unspecified atom stereocenters. The number of nitrogens with one attached hydrogen (secondary N) is 2. The molecule has 6 rings (SSSR count). The quantitative estimate of drug-likeness (QED) is 0.252. The van der Waals surface area contributed by atoms with Crippen molar-refractivity contribution in [2.45, 2.75) is 5.41 Å². The minimum Gasteiger partial charge on any atom is -0.384 e. The highest BCUT2D eigenvalue weighted by Crippen LogP contribution is 2.62. The Balaban J connectivity index is 1.83. The number of nitrogens with two attached hydrogens (primary N) is 2. The summed E-state index contributed by atoms with van der Waals surface area (Å²) in [5, 5.41) is 16.1. The Morgan fingerprint density at radius 2 is 0.903 bits per heavy atom. The Labute approximate surface area is 180 Å². The van der Waals surface area contributed by atoms with Gasteiger partial charge in [0.25, 0.3) is 0 Å². The lowest BCUT2D eigenvalue weighted by Gasteiger charge is -2.31. The molecule has 0 saturated heterocycles. The van der Waals surface area contributed by atoms with Gasteiger partial charge in [0.1, 0.15) is 11.7 Å². The highest BCUT2D eigenvalue weighted by molar-refractivity contribution is 6.01. The average molecular weight is 400 g/mol. The van der Waals surface area contributed by atoms with Crippen LogP contribution < -0.4 is 11.5 Å². The number of benzene rings is 4. The third-order valence-corrected chi connectivity index (χ3v) is 6.71. The van der Waals surface area contributed by atoms with E-state index in [1.165, 1.54) is 22.3 Å². The summed E-state index contributed by atoms with van der Waals surface area (Å²) in [6, 6.07) is 29.1. The first-order valence-corrected chi connectivity index (χ1v) is 10.2. The van der Waals surface area contributed by atoms with Crippen molar-refractivity contribution in [1.82, 2.24) is 0 Å². The molecule has 4 aromatic rings. The number of hydrogen-bond acceptors (Lipinski definition) is 2. The highest BCUT2D eigenvalue weighted by atomic mass is 14.7. The maximum Gasteiger partial charge on any atom is 0.122 e. The second kappa shape index (κ2) is 5.92. The van der Waals surface area contributed by atoms with Crippen LogP contribution >= 0.6 is 0 Å². The summed E-state index contributed by atoms with van der Waals surface area (Å²) in [5.41, 5.74) is 22.0. The lowest BCUT2D eigenvalue weighted by molar-refractivity contribution is 0.793. The zero-order chi connectivity index (χ0) is 21.3. The van der Waals surface area contributed by atoms with E-state index in [0.717, 1.165) is 22.3 Å². The topological polar surface area (TPSA) is 99.7 Å². The molecule has 0 bridgehead atoms. The van der Waals surface area contributed by atoms with Gasteiger partial charge in [-0.2, -0.15) is 0 Å². The molecule has 31 heavy (non-hydrogen) atoms. The zero-order valence-corrected chi connectivity index (χ0v) is 16.7. The van der Waals surface area contributed by atoms with Gasteiger partial charge in [-0.05, 0) is 56.6 Å². The van der Waals surface area contributed by atoms with Crippen molar-refractivity contribution in [1.29, 1.82) is 10.8 Å². The van der Waals surface area contributed by atoms with Gasteiger partial charge in [0.15, 0.2) is 0 Å². The van der Waals surface area contributed by atoms with Crippen LogP contribution in [0.4, 0.5) is 0 Å². The molecule has 0 heterocycles. The number of hydrogen-bond donors (Lipinski definition) is 4. The first-order valence-electron chi connectivity index (χ1n) is 10.2.